The SMILES string of the molecule is CCCCCN1C(=O)C(SC(C)C)=C(c2ccc(OCC(C)C)cc2)C1=O. The van der Waals surface area contributed by atoms with Gasteiger partial charge in [-0.1, -0.05) is 59.6 Å². The summed E-state index contributed by atoms with van der Waals surface area (Å²) < 4.78 is 5.73. The molecule has 5 heteroatoms. The van der Waals surface area contributed by atoms with Gasteiger partial charge in [0.1, 0.15) is 5.75 Å². The number of rotatable bonds is 10. The van der Waals surface area contributed by atoms with Crippen LogP contribution in [0.3, 0.4) is 0 Å². The number of hydrogen-bond acceptors (Lipinski definition) is 4. The van der Waals surface area contributed by atoms with Gasteiger partial charge in [-0.25, -0.2) is 0 Å². The highest BCUT2D eigenvalue weighted by molar-refractivity contribution is 8.04. The number of hydrogen-bond donors (Lipinski definition) is 0. The Kier molecular flexibility index (Phi) is 7.96. The molecule has 1 aromatic rings. The molecule has 1 aliphatic heterocycles. The Morgan fingerprint density at radius 1 is 1.00 bits per heavy atom. The van der Waals surface area contributed by atoms with E-state index in [9.17, 15) is 9.59 Å². The Balaban J connectivity index is 2.27. The number of carbonyl (C=O) groups is 2. The fraction of sp³-hybridized carbons (Fsp3) is 0.545. The Hall–Kier alpha value is -1.75. The van der Waals surface area contributed by atoms with E-state index in [0.29, 0.717) is 29.5 Å². The predicted octanol–water partition coefficient (Wildman–Crippen LogP) is 5.13. The molecule has 4 nitrogen and oxygen atoms in total. The maximum absolute atomic E-state index is 13.0. The molecule has 27 heavy (non-hydrogen) atoms. The number of amides is 2. The maximum Gasteiger partial charge on any atom is 0.267 e. The zero-order chi connectivity index (χ0) is 20.0. The van der Waals surface area contributed by atoms with Crippen molar-refractivity contribution in [2.45, 2.75) is 59.1 Å². The van der Waals surface area contributed by atoms with Gasteiger partial charge in [-0.2, -0.15) is 0 Å². The number of unbranched alkanes of at least 4 members (excludes halogenated alkanes) is 2. The lowest BCUT2D eigenvalue weighted by atomic mass is 10.1. The number of benzene rings is 1. The number of thioether (sulfide) groups is 1. The van der Waals surface area contributed by atoms with Crippen LogP contribution in [-0.4, -0.2) is 35.1 Å². The van der Waals surface area contributed by atoms with Crippen LogP contribution in [0.2, 0.25) is 0 Å². The summed E-state index contributed by atoms with van der Waals surface area (Å²) in [6, 6.07) is 7.51. The third-order valence-electron chi connectivity index (χ3n) is 4.19. The number of carbonyl (C=O) groups excluding carboxylic acids is 2. The minimum atomic E-state index is -0.171. The molecule has 148 valence electrons. The fourth-order valence-electron chi connectivity index (χ4n) is 2.86. The van der Waals surface area contributed by atoms with Crippen molar-refractivity contribution >= 4 is 29.1 Å². The van der Waals surface area contributed by atoms with Crippen LogP contribution in [0.1, 0.15) is 59.4 Å². The monoisotopic (exact) mass is 389 g/mol. The van der Waals surface area contributed by atoms with Gasteiger partial charge in [-0.15, -0.1) is 11.8 Å². The normalized spacial score (nSPS) is 14.9. The summed E-state index contributed by atoms with van der Waals surface area (Å²) in [4.78, 5) is 27.9. The van der Waals surface area contributed by atoms with E-state index in [4.69, 9.17) is 4.74 Å². The minimum absolute atomic E-state index is 0.148. The van der Waals surface area contributed by atoms with Crippen LogP contribution >= 0.6 is 11.8 Å². The van der Waals surface area contributed by atoms with Gasteiger partial charge in [0, 0.05) is 11.8 Å². The van der Waals surface area contributed by atoms with Gasteiger partial charge in [0.05, 0.1) is 17.1 Å². The molecule has 0 N–H and O–H groups in total. The first-order chi connectivity index (χ1) is 12.8. The maximum atomic E-state index is 13.0. The predicted molar refractivity (Wildman–Crippen MR) is 113 cm³/mol. The van der Waals surface area contributed by atoms with Gasteiger partial charge in [0.25, 0.3) is 11.8 Å². The highest BCUT2D eigenvalue weighted by Crippen LogP contribution is 2.38. The van der Waals surface area contributed by atoms with E-state index in [1.807, 2.05) is 38.1 Å². The van der Waals surface area contributed by atoms with E-state index in [1.54, 1.807) is 0 Å². The molecule has 0 fully saturated rings. The zero-order valence-corrected chi connectivity index (χ0v) is 17.9. The standard InChI is InChI=1S/C22H31NO3S/c1-6-7-8-13-23-21(24)19(20(22(23)25)27-16(4)5)17-9-11-18(12-10-17)26-14-15(2)3/h9-12,15-16H,6-8,13-14H2,1-5H3. The highest BCUT2D eigenvalue weighted by atomic mass is 32.2. The van der Waals surface area contributed by atoms with Crippen molar-refractivity contribution in [3.05, 3.63) is 34.7 Å². The molecule has 1 aromatic carbocycles. The zero-order valence-electron chi connectivity index (χ0n) is 17.1. The van der Waals surface area contributed by atoms with Crippen molar-refractivity contribution in [2.24, 2.45) is 5.92 Å². The van der Waals surface area contributed by atoms with E-state index >= 15 is 0 Å². The molecule has 0 spiro atoms. The molecule has 0 aliphatic carbocycles. The molecule has 0 atom stereocenters. The third kappa shape index (κ3) is 5.61. The second-order valence-corrected chi connectivity index (χ2v) is 9.16. The topological polar surface area (TPSA) is 46.6 Å². The largest absolute Gasteiger partial charge is 0.493 e. The quantitative estimate of drug-likeness (QED) is 0.411. The Morgan fingerprint density at radius 2 is 1.67 bits per heavy atom. The van der Waals surface area contributed by atoms with Gasteiger partial charge < -0.3 is 4.74 Å². The molecule has 0 saturated heterocycles. The van der Waals surface area contributed by atoms with Gasteiger partial charge >= 0.3 is 0 Å². The molecule has 0 unspecified atom stereocenters. The second-order valence-electron chi connectivity index (χ2n) is 7.57. The number of nitrogens with zero attached hydrogens (tertiary/aromatic N) is 1. The summed E-state index contributed by atoms with van der Waals surface area (Å²) in [5, 5.41) is 0.232. The van der Waals surface area contributed by atoms with Crippen LogP contribution in [0.15, 0.2) is 29.2 Å². The van der Waals surface area contributed by atoms with Crippen molar-refractivity contribution in [3.63, 3.8) is 0 Å². The smallest absolute Gasteiger partial charge is 0.267 e. The van der Waals surface area contributed by atoms with E-state index in [0.717, 1.165) is 30.6 Å². The molecule has 0 bridgehead atoms. The summed E-state index contributed by atoms with van der Waals surface area (Å²) in [5.74, 6) is 0.912. The van der Waals surface area contributed by atoms with E-state index in [1.165, 1.54) is 16.7 Å². The first-order valence-corrected chi connectivity index (χ1v) is 10.7. The van der Waals surface area contributed by atoms with Crippen LogP contribution in [0, 0.1) is 5.92 Å². The van der Waals surface area contributed by atoms with Crippen molar-refractivity contribution in [3.8, 4) is 5.75 Å². The molecule has 1 heterocycles. The summed E-state index contributed by atoms with van der Waals surface area (Å²) >= 11 is 1.47. The first kappa shape index (κ1) is 21.5. The van der Waals surface area contributed by atoms with Crippen molar-refractivity contribution in [1.29, 1.82) is 0 Å². The van der Waals surface area contributed by atoms with Crippen LogP contribution in [0.25, 0.3) is 5.57 Å². The summed E-state index contributed by atoms with van der Waals surface area (Å²) in [6.45, 7) is 11.5. The Morgan fingerprint density at radius 3 is 2.22 bits per heavy atom. The lowest BCUT2D eigenvalue weighted by Gasteiger charge is -2.15. The van der Waals surface area contributed by atoms with Crippen molar-refractivity contribution < 1.29 is 14.3 Å². The van der Waals surface area contributed by atoms with Crippen LogP contribution in [0.4, 0.5) is 0 Å². The average molecular weight is 390 g/mol. The fourth-order valence-corrected chi connectivity index (χ4v) is 3.86. The van der Waals surface area contributed by atoms with Gasteiger partial charge in [0.15, 0.2) is 0 Å². The Labute approximate surface area is 167 Å². The first-order valence-electron chi connectivity index (χ1n) is 9.85. The minimum Gasteiger partial charge on any atom is -0.493 e. The molecule has 2 amide bonds. The molecular formula is C22H31NO3S. The summed E-state index contributed by atoms with van der Waals surface area (Å²) in [7, 11) is 0. The highest BCUT2D eigenvalue weighted by Gasteiger charge is 2.39. The van der Waals surface area contributed by atoms with Gasteiger partial charge in [-0.3, -0.25) is 14.5 Å². The van der Waals surface area contributed by atoms with Gasteiger partial charge in [-0.05, 0) is 30.0 Å². The van der Waals surface area contributed by atoms with E-state index < -0.39 is 0 Å². The molecule has 2 rings (SSSR count). The van der Waals surface area contributed by atoms with E-state index in [-0.39, 0.29) is 17.1 Å². The van der Waals surface area contributed by atoms with Crippen LogP contribution in [0.5, 0.6) is 5.75 Å². The molecule has 0 saturated carbocycles. The lowest BCUT2D eigenvalue weighted by Crippen LogP contribution is -2.32. The molecular weight excluding hydrogens is 358 g/mol. The number of ether oxygens (including phenoxy) is 1. The summed E-state index contributed by atoms with van der Waals surface area (Å²) in [6.07, 6.45) is 2.92. The third-order valence-corrected chi connectivity index (χ3v) is 5.28. The average Bonchev–Trinajstić information content (AvgIpc) is 2.84. The van der Waals surface area contributed by atoms with E-state index in [2.05, 4.69) is 20.8 Å². The molecule has 0 aromatic heterocycles. The Bertz CT molecular complexity index is 692. The second kappa shape index (κ2) is 9.98. The lowest BCUT2D eigenvalue weighted by molar-refractivity contribution is -0.136. The van der Waals surface area contributed by atoms with Crippen molar-refractivity contribution in [1.82, 2.24) is 4.90 Å². The summed E-state index contributed by atoms with van der Waals surface area (Å²) in [5.41, 5.74) is 1.32. The van der Waals surface area contributed by atoms with Crippen LogP contribution < -0.4 is 4.74 Å². The molecule has 1 aliphatic rings. The molecule has 0 radical (unpaired) electrons. The van der Waals surface area contributed by atoms with Crippen LogP contribution in [-0.2, 0) is 9.59 Å². The number of imide groups is 1. The van der Waals surface area contributed by atoms with Crippen molar-refractivity contribution in [2.75, 3.05) is 13.2 Å². The van der Waals surface area contributed by atoms with Gasteiger partial charge in [0.2, 0.25) is 0 Å².